The van der Waals surface area contributed by atoms with Crippen molar-refractivity contribution >= 4 is 29.9 Å². The number of imidazole rings is 1. The van der Waals surface area contributed by atoms with Crippen LogP contribution in [0.3, 0.4) is 0 Å². The molecule has 0 aliphatic rings. The Bertz CT molecular complexity index is 857. The molecule has 2 aromatic carbocycles. The molecule has 0 bridgehead atoms. The Labute approximate surface area is 149 Å². The van der Waals surface area contributed by atoms with Crippen molar-refractivity contribution in [2.24, 2.45) is 0 Å². The van der Waals surface area contributed by atoms with Crippen LogP contribution < -0.4 is 5.32 Å². The zero-order chi connectivity index (χ0) is 16.8. The Hall–Kier alpha value is -2.31. The summed E-state index contributed by atoms with van der Waals surface area (Å²) in [5.41, 5.74) is 1.38. The van der Waals surface area contributed by atoms with E-state index in [1.165, 1.54) is 4.90 Å². The van der Waals surface area contributed by atoms with Crippen molar-refractivity contribution < 1.29 is 4.79 Å². The van der Waals surface area contributed by atoms with Crippen LogP contribution in [0.25, 0.3) is 5.69 Å². The molecule has 3 aromatic rings. The summed E-state index contributed by atoms with van der Waals surface area (Å²) in [5.74, 6) is 0.673. The smallest absolute Gasteiger partial charge is 0.269 e. The first-order valence-electron chi connectivity index (χ1n) is 7.57. The SMILES string of the molecule is O=C(NCCSc1ccccc1)c1c[nH]c(=S)n1-c1ccccc1. The van der Waals surface area contributed by atoms with E-state index in [9.17, 15) is 4.79 Å². The number of nitrogens with zero attached hydrogens (tertiary/aromatic N) is 1. The third-order valence-corrected chi connectivity index (χ3v) is 4.74. The number of amides is 1. The van der Waals surface area contributed by atoms with Crippen LogP contribution >= 0.6 is 24.0 Å². The number of aromatic nitrogens is 2. The summed E-state index contributed by atoms with van der Waals surface area (Å²) < 4.78 is 2.25. The molecule has 0 spiro atoms. The lowest BCUT2D eigenvalue weighted by Crippen LogP contribution is -2.27. The first-order valence-corrected chi connectivity index (χ1v) is 8.97. The molecule has 122 valence electrons. The highest BCUT2D eigenvalue weighted by Crippen LogP contribution is 2.16. The number of thioether (sulfide) groups is 1. The summed E-state index contributed by atoms with van der Waals surface area (Å²) in [6, 6.07) is 19.7. The number of nitrogens with one attached hydrogen (secondary N) is 2. The lowest BCUT2D eigenvalue weighted by Gasteiger charge is -2.09. The van der Waals surface area contributed by atoms with E-state index in [2.05, 4.69) is 22.4 Å². The number of carbonyl (C=O) groups is 1. The zero-order valence-corrected chi connectivity index (χ0v) is 14.6. The molecule has 1 heterocycles. The predicted octanol–water partition coefficient (Wildman–Crippen LogP) is 4.06. The van der Waals surface area contributed by atoms with Gasteiger partial charge in [-0.25, -0.2) is 0 Å². The molecule has 6 heteroatoms. The fourth-order valence-corrected chi connectivity index (χ4v) is 3.36. The molecule has 24 heavy (non-hydrogen) atoms. The second kappa shape index (κ2) is 7.99. The largest absolute Gasteiger partial charge is 0.350 e. The van der Waals surface area contributed by atoms with Crippen LogP contribution in [0.4, 0.5) is 0 Å². The van der Waals surface area contributed by atoms with Crippen molar-refractivity contribution in [2.75, 3.05) is 12.3 Å². The fraction of sp³-hybridized carbons (Fsp3) is 0.111. The van der Waals surface area contributed by atoms with Gasteiger partial charge in [0.1, 0.15) is 5.69 Å². The standard InChI is InChI=1S/C18H17N3OS2/c22-17(19-11-12-24-15-9-5-2-6-10-15)16-13-20-18(23)21(16)14-7-3-1-4-8-14/h1-10,13H,11-12H2,(H,19,22)(H,20,23). The lowest BCUT2D eigenvalue weighted by molar-refractivity contribution is 0.0949. The van der Waals surface area contributed by atoms with Gasteiger partial charge < -0.3 is 10.3 Å². The van der Waals surface area contributed by atoms with Gasteiger partial charge in [-0.3, -0.25) is 9.36 Å². The van der Waals surface area contributed by atoms with Crippen molar-refractivity contribution in [3.8, 4) is 5.69 Å². The van der Waals surface area contributed by atoms with Crippen LogP contribution in [-0.2, 0) is 0 Å². The maximum Gasteiger partial charge on any atom is 0.269 e. The number of hydrogen-bond acceptors (Lipinski definition) is 3. The Morgan fingerprint density at radius 3 is 2.46 bits per heavy atom. The van der Waals surface area contributed by atoms with Gasteiger partial charge in [0.15, 0.2) is 4.77 Å². The Morgan fingerprint density at radius 2 is 1.75 bits per heavy atom. The highest BCUT2D eigenvalue weighted by Gasteiger charge is 2.13. The van der Waals surface area contributed by atoms with Crippen LogP contribution in [-0.4, -0.2) is 27.8 Å². The topological polar surface area (TPSA) is 49.8 Å². The van der Waals surface area contributed by atoms with E-state index in [0.29, 0.717) is 17.0 Å². The number of para-hydroxylation sites is 1. The molecule has 0 unspecified atom stereocenters. The second-order valence-corrected chi connectivity index (χ2v) is 6.62. The van der Waals surface area contributed by atoms with Crippen molar-refractivity contribution in [3.63, 3.8) is 0 Å². The summed E-state index contributed by atoms with van der Waals surface area (Å²) in [7, 11) is 0. The maximum absolute atomic E-state index is 12.5. The molecule has 2 N–H and O–H groups in total. The minimum atomic E-state index is -0.139. The number of H-pyrrole nitrogens is 1. The highest BCUT2D eigenvalue weighted by molar-refractivity contribution is 7.99. The monoisotopic (exact) mass is 355 g/mol. The summed E-state index contributed by atoms with van der Waals surface area (Å²) in [5, 5.41) is 2.95. The van der Waals surface area contributed by atoms with E-state index in [1.54, 1.807) is 22.5 Å². The molecule has 3 rings (SSSR count). The van der Waals surface area contributed by atoms with E-state index < -0.39 is 0 Å². The Balaban J connectivity index is 1.63. The van der Waals surface area contributed by atoms with E-state index in [1.807, 2.05) is 48.5 Å². The molecule has 0 fully saturated rings. The molecule has 4 nitrogen and oxygen atoms in total. The molecule has 0 saturated carbocycles. The van der Waals surface area contributed by atoms with Crippen LogP contribution in [0, 0.1) is 4.77 Å². The summed E-state index contributed by atoms with van der Waals surface area (Å²) >= 11 is 7.01. The minimum Gasteiger partial charge on any atom is -0.350 e. The van der Waals surface area contributed by atoms with E-state index in [-0.39, 0.29) is 5.91 Å². The van der Waals surface area contributed by atoms with Gasteiger partial charge in [0.25, 0.3) is 5.91 Å². The average Bonchev–Trinajstić information content (AvgIpc) is 3.02. The first kappa shape index (κ1) is 16.5. The van der Waals surface area contributed by atoms with Crippen LogP contribution in [0.2, 0.25) is 0 Å². The van der Waals surface area contributed by atoms with Gasteiger partial charge in [0.05, 0.1) is 0 Å². The summed E-state index contributed by atoms with van der Waals surface area (Å²) in [4.78, 5) is 16.6. The molecule has 0 saturated heterocycles. The van der Waals surface area contributed by atoms with E-state index >= 15 is 0 Å². The van der Waals surface area contributed by atoms with Gasteiger partial charge in [0, 0.05) is 29.1 Å². The van der Waals surface area contributed by atoms with Gasteiger partial charge in [-0.2, -0.15) is 0 Å². The van der Waals surface area contributed by atoms with E-state index in [4.69, 9.17) is 12.2 Å². The number of hydrogen-bond donors (Lipinski definition) is 2. The number of rotatable bonds is 6. The van der Waals surface area contributed by atoms with Gasteiger partial charge in [0.2, 0.25) is 0 Å². The number of aromatic amines is 1. The molecule has 0 atom stereocenters. The predicted molar refractivity (Wildman–Crippen MR) is 100 cm³/mol. The van der Waals surface area contributed by atoms with Crippen molar-refractivity contribution in [2.45, 2.75) is 4.90 Å². The minimum absolute atomic E-state index is 0.139. The maximum atomic E-state index is 12.5. The Morgan fingerprint density at radius 1 is 1.08 bits per heavy atom. The van der Waals surface area contributed by atoms with Crippen molar-refractivity contribution in [1.82, 2.24) is 14.9 Å². The molecule has 0 radical (unpaired) electrons. The summed E-state index contributed by atoms with van der Waals surface area (Å²) in [6.07, 6.45) is 1.65. The van der Waals surface area contributed by atoms with Gasteiger partial charge in [-0.05, 0) is 36.5 Å². The molecule has 0 aliphatic carbocycles. The van der Waals surface area contributed by atoms with Gasteiger partial charge in [-0.1, -0.05) is 36.4 Å². The Kier molecular flexibility index (Phi) is 5.51. The van der Waals surface area contributed by atoms with Crippen LogP contribution in [0.5, 0.6) is 0 Å². The number of carbonyl (C=O) groups excluding carboxylic acids is 1. The van der Waals surface area contributed by atoms with Crippen LogP contribution in [0.1, 0.15) is 10.5 Å². The first-order chi connectivity index (χ1) is 11.8. The van der Waals surface area contributed by atoms with Gasteiger partial charge in [-0.15, -0.1) is 11.8 Å². The van der Waals surface area contributed by atoms with Crippen molar-refractivity contribution in [1.29, 1.82) is 0 Å². The molecule has 1 amide bonds. The third-order valence-electron chi connectivity index (χ3n) is 3.42. The molecule has 0 aliphatic heterocycles. The van der Waals surface area contributed by atoms with Crippen LogP contribution in [0.15, 0.2) is 71.8 Å². The third kappa shape index (κ3) is 3.96. The molecular formula is C18H17N3OS2. The quantitative estimate of drug-likeness (QED) is 0.398. The second-order valence-electron chi connectivity index (χ2n) is 5.07. The fourth-order valence-electron chi connectivity index (χ4n) is 2.31. The molecule has 1 aromatic heterocycles. The lowest BCUT2D eigenvalue weighted by atomic mass is 10.3. The van der Waals surface area contributed by atoms with E-state index in [0.717, 1.165) is 11.4 Å². The normalized spacial score (nSPS) is 10.5. The summed E-state index contributed by atoms with van der Waals surface area (Å²) in [6.45, 7) is 0.588. The highest BCUT2D eigenvalue weighted by atomic mass is 32.2. The average molecular weight is 355 g/mol. The molecular weight excluding hydrogens is 338 g/mol. The number of benzene rings is 2. The van der Waals surface area contributed by atoms with Crippen molar-refractivity contribution in [3.05, 3.63) is 77.3 Å². The zero-order valence-electron chi connectivity index (χ0n) is 12.9. The van der Waals surface area contributed by atoms with Gasteiger partial charge >= 0.3 is 0 Å².